The van der Waals surface area contributed by atoms with Crippen LogP contribution in [0.4, 0.5) is 53.3 Å². The summed E-state index contributed by atoms with van der Waals surface area (Å²) in [4.78, 5) is 86.4. The summed E-state index contributed by atoms with van der Waals surface area (Å²) in [5, 5.41) is 20.1. The average molecular weight is 1990 g/mol. The van der Waals surface area contributed by atoms with Crippen molar-refractivity contribution in [2.75, 3.05) is 33.6 Å². The zero-order chi connectivity index (χ0) is 82.0. The van der Waals surface area contributed by atoms with Gasteiger partial charge >= 0.3 is 127 Å². The maximum absolute atomic E-state index is 11.4. The average Bonchev–Trinajstić information content (AvgIpc) is 1.59. The topological polar surface area (TPSA) is 486 Å². The van der Waals surface area contributed by atoms with Gasteiger partial charge in [0.05, 0.1) is 71.2 Å². The van der Waals surface area contributed by atoms with Crippen molar-refractivity contribution in [3.05, 3.63) is 175 Å². The molecular weight excluding hydrogens is 1910 g/mol. The summed E-state index contributed by atoms with van der Waals surface area (Å²) in [7, 11) is -1.37. The van der Waals surface area contributed by atoms with Crippen LogP contribution in [-0.2, 0) is 77.8 Å². The maximum atomic E-state index is 11.4. The summed E-state index contributed by atoms with van der Waals surface area (Å²) in [6.07, 6.45) is 21.1. The minimum atomic E-state index is -1.16. The Morgan fingerprint density at radius 1 is 0.518 bits per heavy atom. The first-order valence-corrected chi connectivity index (χ1v) is 36.9. The van der Waals surface area contributed by atoms with Crippen LogP contribution in [0.3, 0.4) is 0 Å². The molecule has 0 saturated carbocycles. The van der Waals surface area contributed by atoms with Crippen molar-refractivity contribution < 1.29 is 165 Å². The van der Waals surface area contributed by atoms with E-state index in [0.717, 1.165) is 46.3 Å². The first-order valence-electron chi connectivity index (χ1n) is 32.3. The van der Waals surface area contributed by atoms with Crippen molar-refractivity contribution in [1.29, 1.82) is 0 Å². The molecule has 599 valence electrons. The third kappa shape index (κ3) is 34.0. The number of carboxylic acid groups (broad SMARTS) is 1. The van der Waals surface area contributed by atoms with E-state index >= 15 is 0 Å². The quantitative estimate of drug-likeness (QED) is 0.0255. The molecule has 3 aliphatic rings. The third-order valence-corrected chi connectivity index (χ3v) is 17.8. The minimum absolute atomic E-state index is 0. The fourth-order valence-electron chi connectivity index (χ4n) is 7.99. The fraction of sp³-hybridized carbons (Fsp3) is 0.343. The van der Waals surface area contributed by atoms with Gasteiger partial charge < -0.3 is 75.9 Å². The molecule has 13 heterocycles. The molecule has 0 aromatic carbocycles. The third-order valence-electron chi connectivity index (χ3n) is 15.4. The first-order chi connectivity index (χ1) is 51.9. The van der Waals surface area contributed by atoms with Crippen molar-refractivity contribution in [2.24, 2.45) is 0 Å². The number of carbonyl (C=O) groups excluding carboxylic acids is 4. The van der Waals surface area contributed by atoms with E-state index in [4.69, 9.17) is 83.2 Å². The van der Waals surface area contributed by atoms with Gasteiger partial charge in [0.25, 0.3) is 18.0 Å². The summed E-state index contributed by atoms with van der Waals surface area (Å²) < 4.78 is 78.5. The van der Waals surface area contributed by atoms with Crippen LogP contribution in [0.2, 0.25) is 0 Å². The summed E-state index contributed by atoms with van der Waals surface area (Å²) in [6, 6.07) is 19.6. The van der Waals surface area contributed by atoms with Gasteiger partial charge in [-0.3, -0.25) is 27.6 Å². The Morgan fingerprint density at radius 3 is 1.17 bits per heavy atom. The Bertz CT molecular complexity index is 4400. The van der Waals surface area contributed by atoms with Gasteiger partial charge in [-0.2, -0.15) is 16.5 Å². The number of ether oxygens (including phenoxy) is 1. The number of carbonyl (C=O) groups is 2. The number of nitrogens with one attached hydrogen (secondary N) is 4. The molecule has 3 saturated heterocycles. The predicted molar refractivity (Wildman–Crippen MR) is 419 cm³/mol. The molecule has 0 radical (unpaired) electrons. The zero-order valence-electron chi connectivity index (χ0n) is 63.3. The van der Waals surface area contributed by atoms with Crippen LogP contribution in [0.15, 0.2) is 180 Å². The number of rotatable bonds is 14. The molecule has 0 atom stereocenters. The summed E-state index contributed by atoms with van der Waals surface area (Å²) >= 11 is 18.1. The van der Waals surface area contributed by atoms with E-state index in [0.29, 0.717) is 35.3 Å². The number of carboxylic acids is 1. The van der Waals surface area contributed by atoms with E-state index in [1.807, 2.05) is 126 Å². The van der Waals surface area contributed by atoms with Gasteiger partial charge in [0.2, 0.25) is 11.5 Å². The van der Waals surface area contributed by atoms with Gasteiger partial charge in [-0.1, -0.05) is 70.6 Å². The van der Waals surface area contributed by atoms with Gasteiger partial charge in [0.15, 0.2) is 0 Å². The number of nitrogen functional groups attached to an aromatic ring is 1. The monoisotopic (exact) mass is 1990 g/mol. The number of hydrogen-bond donors (Lipinski definition) is 6. The van der Waals surface area contributed by atoms with Gasteiger partial charge in [0.1, 0.15) is 46.2 Å². The van der Waals surface area contributed by atoms with Gasteiger partial charge in [0, 0.05) is 55.3 Å². The molecule has 35 nitrogen and oxygen atoms in total. The van der Waals surface area contributed by atoms with E-state index in [-0.39, 0.29) is 133 Å². The van der Waals surface area contributed by atoms with Crippen LogP contribution in [-0.4, -0.2) is 146 Å². The molecule has 8 N–H and O–H groups in total. The molecule has 3 fully saturated rings. The van der Waals surface area contributed by atoms with Crippen LogP contribution in [0, 0.1) is 0 Å². The first kappa shape index (κ1) is 101. The van der Waals surface area contributed by atoms with E-state index in [2.05, 4.69) is 151 Å². The number of aromatic nitrogens is 10. The SMILES string of the molecule is Brc1ccnc(Br)c1.Brc1ccnc(Nc2ncco2)c1.CC1(C)OB(B2OC(C)(C)C(C)(C)O2)OC1(C)C.CC1(C)OB(c2ccnc(Nc3ncco3)c2)OC1(C)C.CCOC(=O)c1cnc(Nc2cc(Br)ccn2)o1.CCc1cnc(N)o1.C[C-]=O.O=C(O)c1cnc(Nc2cc(Br)ccn2)o1.O=C=O.[K+].[OH-].[O]=[Ag]. The van der Waals surface area contributed by atoms with Gasteiger partial charge in [-0.25, -0.2) is 59.4 Å². The molecule has 45 heteroatoms. The molecule has 0 aliphatic carbocycles. The number of hydrogen-bond acceptors (Lipinski definition) is 34. The van der Waals surface area contributed by atoms with Crippen molar-refractivity contribution in [1.82, 2.24) is 49.8 Å². The Kier molecular flexibility index (Phi) is 44.6. The number of nitrogens with zero attached hydrogens (tertiary/aromatic N) is 10. The normalized spacial score (nSPS) is 14.6. The summed E-state index contributed by atoms with van der Waals surface area (Å²) in [6.45, 7) is 29.6. The molecule has 0 bridgehead atoms. The molecule has 0 unspecified atom stereocenters. The molecule has 10 aromatic heterocycles. The Labute approximate surface area is 743 Å². The second-order valence-corrected chi connectivity index (χ2v) is 29.2. The number of nitrogens with two attached hydrogens (primary N) is 1. The second kappa shape index (κ2) is 49.3. The molecular formula is C67H79AgB3Br5KN15O20-. The number of esters is 1. The summed E-state index contributed by atoms with van der Waals surface area (Å²) in [5.74, 6) is 1.34. The van der Waals surface area contributed by atoms with E-state index in [9.17, 15) is 9.59 Å². The van der Waals surface area contributed by atoms with E-state index in [1.165, 1.54) is 31.9 Å². The molecule has 0 amide bonds. The van der Waals surface area contributed by atoms with Gasteiger partial charge in [-0.05, 0) is 172 Å². The number of aromatic carboxylic acids is 1. The standard InChI is InChI=1S/C14H18BN3O3.C12H24B2O4.C11H10BrN3O3.C9H6BrN3O3.C8H6BrN3O.C5H3Br2N.C5H8N2O.C2H3O.CO2.Ag.K.H2O.O/c1-13(2)14(3,4)21-15(20-13)10-5-6-16-11(9-10)18-12-17-7-8-19-12;1-9(2)10(3,4)16-13(15-9)14-17-11(5,6)12(7,8)18-14;1-2-17-10(16)8-6-14-11(18-8)15-9-5-7(12)3-4-13-9;10-5-1-2-11-7(3-5)13-9-12-4-6(16-9)8(14)15;9-6-1-2-10-7(5-6)12-8-11-3-4-13-8;6-4-1-2-8-5(7)3-4;1-2-4-3-7-5(6)8-4;1-2-3;2-1-3;;;;/h5-9H,1-4H3,(H,16,17,18);1-8H3;3-6H,2H2,1H3,(H,13,14,15);1-4H,(H,14,15)(H,11,12,13);1-5H,(H,10,11,12);1-3H;3H,2H2,1H3,(H2,6,7);1H3;;;;1H2;/q;;;;;;;-1;;;+1;;/p-1. The predicted octanol–water partition coefficient (Wildman–Crippen LogP) is 11.6. The Morgan fingerprint density at radius 2 is 0.866 bits per heavy atom. The number of anilines is 9. The van der Waals surface area contributed by atoms with Crippen LogP contribution in [0.5, 0.6) is 0 Å². The zero-order valence-corrected chi connectivity index (χ0v) is 75.9. The molecule has 112 heavy (non-hydrogen) atoms. The van der Waals surface area contributed by atoms with Crippen molar-refractivity contribution in [3.63, 3.8) is 0 Å². The van der Waals surface area contributed by atoms with Crippen molar-refractivity contribution in [2.45, 2.75) is 144 Å². The van der Waals surface area contributed by atoms with Gasteiger partial charge in [-0.15, -0.1) is 0 Å². The fourth-order valence-corrected chi connectivity index (χ4v) is 10.0. The molecule has 10 aromatic rings. The second-order valence-electron chi connectivity index (χ2n) is 24.8. The Balaban J connectivity index is 0.000000443. The number of halogens is 5. The van der Waals surface area contributed by atoms with E-state index in [1.54, 1.807) is 102 Å². The Hall–Kier alpha value is -6.72. The number of aryl methyl sites for hydroxylation is 1. The van der Waals surface area contributed by atoms with E-state index < -0.39 is 33.1 Å². The molecule has 3 aliphatic heterocycles. The van der Waals surface area contributed by atoms with Crippen LogP contribution < -0.4 is 83.8 Å². The van der Waals surface area contributed by atoms with Crippen LogP contribution >= 0.6 is 79.6 Å². The van der Waals surface area contributed by atoms with Crippen LogP contribution in [0.25, 0.3) is 0 Å². The summed E-state index contributed by atoms with van der Waals surface area (Å²) in [5.41, 5.74) is 3.91. The van der Waals surface area contributed by atoms with Crippen molar-refractivity contribution >= 4 is 184 Å². The molecule has 13 rings (SSSR count). The number of oxazole rings is 5. The van der Waals surface area contributed by atoms with Crippen molar-refractivity contribution in [3.8, 4) is 0 Å². The van der Waals surface area contributed by atoms with Crippen LogP contribution in [0.1, 0.15) is 131 Å². The molecule has 0 spiro atoms. The number of pyridine rings is 5.